The fourth-order valence-electron chi connectivity index (χ4n) is 1.68. The molecule has 0 unspecified atom stereocenters. The monoisotopic (exact) mass is 201 g/mol. The molecule has 15 heavy (non-hydrogen) atoms. The molecular formula is C12H11NO2. The first-order valence-corrected chi connectivity index (χ1v) is 4.64. The number of allylic oxidation sites excluding steroid dienone is 1. The Morgan fingerprint density at radius 1 is 1.47 bits per heavy atom. The van der Waals surface area contributed by atoms with Gasteiger partial charge in [0, 0.05) is 17.1 Å². The molecule has 0 aliphatic carbocycles. The number of hydrogen-bond donors (Lipinski definition) is 1. The van der Waals surface area contributed by atoms with Crippen molar-refractivity contribution in [3.63, 3.8) is 0 Å². The molecule has 1 heterocycles. The molecule has 2 aromatic rings. The molecule has 0 spiro atoms. The van der Waals surface area contributed by atoms with Gasteiger partial charge in [-0.1, -0.05) is 24.8 Å². The lowest BCUT2D eigenvalue weighted by molar-refractivity contribution is 0.0974. The topological polar surface area (TPSA) is 42.2 Å². The Bertz CT molecular complexity index is 525. The summed E-state index contributed by atoms with van der Waals surface area (Å²) in [5, 5.41) is 10.1. The number of aliphatic hydroxyl groups is 1. The summed E-state index contributed by atoms with van der Waals surface area (Å²) >= 11 is 0. The highest BCUT2D eigenvalue weighted by atomic mass is 16.3. The Labute approximate surface area is 87.3 Å². The number of carbonyl (C=O) groups excluding carboxylic acids is 1. The minimum absolute atomic E-state index is 0.0776. The van der Waals surface area contributed by atoms with Gasteiger partial charge in [-0.15, -0.1) is 0 Å². The molecule has 0 aliphatic heterocycles. The van der Waals surface area contributed by atoms with Gasteiger partial charge in [0.05, 0.1) is 12.1 Å². The van der Waals surface area contributed by atoms with E-state index in [1.54, 1.807) is 12.3 Å². The van der Waals surface area contributed by atoms with Gasteiger partial charge in [-0.25, -0.2) is 0 Å². The smallest absolute Gasteiger partial charge is 0.254 e. The summed E-state index contributed by atoms with van der Waals surface area (Å²) < 4.78 is 1.49. The number of hydrogen-bond acceptors (Lipinski definition) is 2. The fourth-order valence-corrected chi connectivity index (χ4v) is 1.68. The zero-order chi connectivity index (χ0) is 10.8. The summed E-state index contributed by atoms with van der Waals surface area (Å²) in [6.45, 7) is 3.37. The van der Waals surface area contributed by atoms with Crippen LogP contribution in [0.5, 0.6) is 0 Å². The Hall–Kier alpha value is -1.87. The largest absolute Gasteiger partial charge is 0.392 e. The quantitative estimate of drug-likeness (QED) is 0.755. The molecule has 0 radical (unpaired) electrons. The first-order valence-electron chi connectivity index (χ1n) is 4.64. The molecular weight excluding hydrogens is 190 g/mol. The zero-order valence-corrected chi connectivity index (χ0v) is 8.18. The molecule has 0 atom stereocenters. The van der Waals surface area contributed by atoms with Crippen molar-refractivity contribution in [3.05, 3.63) is 48.7 Å². The summed E-state index contributed by atoms with van der Waals surface area (Å²) in [4.78, 5) is 11.5. The van der Waals surface area contributed by atoms with Crippen molar-refractivity contribution in [3.8, 4) is 0 Å². The van der Waals surface area contributed by atoms with Gasteiger partial charge >= 0.3 is 0 Å². The van der Waals surface area contributed by atoms with Gasteiger partial charge in [0.1, 0.15) is 0 Å². The van der Waals surface area contributed by atoms with Gasteiger partial charge in [-0.05, 0) is 12.1 Å². The third-order valence-corrected chi connectivity index (χ3v) is 2.38. The van der Waals surface area contributed by atoms with E-state index in [2.05, 4.69) is 6.58 Å². The molecule has 0 saturated heterocycles. The molecule has 0 aliphatic rings. The highest BCUT2D eigenvalue weighted by Gasteiger charge is 2.08. The zero-order valence-electron chi connectivity index (χ0n) is 8.18. The number of para-hydroxylation sites is 1. The van der Waals surface area contributed by atoms with Gasteiger partial charge < -0.3 is 5.11 Å². The number of benzene rings is 1. The minimum atomic E-state index is -0.189. The summed E-state index contributed by atoms with van der Waals surface area (Å²) in [5.74, 6) is -0.189. The van der Waals surface area contributed by atoms with Gasteiger partial charge in [0.25, 0.3) is 5.91 Å². The number of carbonyl (C=O) groups is 1. The van der Waals surface area contributed by atoms with Gasteiger partial charge in [0.2, 0.25) is 0 Å². The van der Waals surface area contributed by atoms with Crippen molar-refractivity contribution in [2.75, 3.05) is 0 Å². The summed E-state index contributed by atoms with van der Waals surface area (Å²) in [6.07, 6.45) is 2.95. The van der Waals surface area contributed by atoms with Crippen LogP contribution in [-0.2, 0) is 6.61 Å². The van der Waals surface area contributed by atoms with Gasteiger partial charge in [-0.3, -0.25) is 9.36 Å². The van der Waals surface area contributed by atoms with Crippen LogP contribution in [0.1, 0.15) is 10.4 Å². The summed E-state index contributed by atoms with van der Waals surface area (Å²) in [6, 6.07) is 7.41. The fraction of sp³-hybridized carbons (Fsp3) is 0.0833. The van der Waals surface area contributed by atoms with Crippen LogP contribution in [0.25, 0.3) is 10.9 Å². The molecule has 3 nitrogen and oxygen atoms in total. The van der Waals surface area contributed by atoms with E-state index < -0.39 is 0 Å². The maximum absolute atomic E-state index is 11.5. The van der Waals surface area contributed by atoms with Crippen molar-refractivity contribution in [2.24, 2.45) is 0 Å². The van der Waals surface area contributed by atoms with Crippen LogP contribution in [0, 0.1) is 0 Å². The Balaban J connectivity index is 2.76. The molecule has 3 heteroatoms. The molecule has 1 aromatic heterocycles. The highest BCUT2D eigenvalue weighted by molar-refractivity contribution is 5.98. The second-order valence-electron chi connectivity index (χ2n) is 3.24. The summed E-state index contributed by atoms with van der Waals surface area (Å²) in [7, 11) is 0. The molecule has 76 valence electrons. The number of nitrogens with zero attached hydrogens (tertiary/aromatic N) is 1. The van der Waals surface area contributed by atoms with Gasteiger partial charge in [0.15, 0.2) is 0 Å². The predicted molar refractivity (Wildman–Crippen MR) is 58.7 cm³/mol. The first-order chi connectivity index (χ1) is 7.27. The number of aromatic nitrogens is 1. The maximum atomic E-state index is 11.5. The summed E-state index contributed by atoms with van der Waals surface area (Å²) in [5.41, 5.74) is 1.50. The maximum Gasteiger partial charge on any atom is 0.254 e. The van der Waals surface area contributed by atoms with Crippen LogP contribution in [0.3, 0.4) is 0 Å². The predicted octanol–water partition coefficient (Wildman–Crippen LogP) is 1.96. The van der Waals surface area contributed by atoms with Crippen LogP contribution in [0.15, 0.2) is 43.1 Å². The third kappa shape index (κ3) is 1.47. The Morgan fingerprint density at radius 3 is 2.93 bits per heavy atom. The second-order valence-corrected chi connectivity index (χ2v) is 3.24. The lowest BCUT2D eigenvalue weighted by Gasteiger charge is -2.04. The molecule has 0 bridgehead atoms. The molecule has 2 rings (SSSR count). The van der Waals surface area contributed by atoms with Crippen LogP contribution in [0.2, 0.25) is 0 Å². The van der Waals surface area contributed by atoms with Crippen molar-refractivity contribution >= 4 is 16.8 Å². The van der Waals surface area contributed by atoms with Crippen molar-refractivity contribution in [2.45, 2.75) is 6.61 Å². The van der Waals surface area contributed by atoms with Crippen LogP contribution in [0.4, 0.5) is 0 Å². The number of aliphatic hydroxyl groups excluding tert-OH is 1. The second kappa shape index (κ2) is 3.71. The lowest BCUT2D eigenvalue weighted by Crippen LogP contribution is -2.06. The van der Waals surface area contributed by atoms with Crippen molar-refractivity contribution in [1.29, 1.82) is 0 Å². The van der Waals surface area contributed by atoms with Crippen LogP contribution in [-0.4, -0.2) is 15.6 Å². The number of fused-ring (bicyclic) bond motifs is 1. The molecule has 0 amide bonds. The highest BCUT2D eigenvalue weighted by Crippen LogP contribution is 2.20. The van der Waals surface area contributed by atoms with E-state index in [1.165, 1.54) is 10.6 Å². The molecule has 1 N–H and O–H groups in total. The molecule has 0 saturated carbocycles. The van der Waals surface area contributed by atoms with E-state index in [-0.39, 0.29) is 12.5 Å². The van der Waals surface area contributed by atoms with Crippen molar-refractivity contribution < 1.29 is 9.90 Å². The van der Waals surface area contributed by atoms with E-state index in [0.717, 1.165) is 16.5 Å². The third-order valence-electron chi connectivity index (χ3n) is 2.38. The molecule has 1 aromatic carbocycles. The first kappa shape index (κ1) is 9.68. The SMILES string of the molecule is C=CC(=O)n1ccc2cccc(CO)c21. The van der Waals surface area contributed by atoms with Crippen LogP contribution >= 0.6 is 0 Å². The average Bonchev–Trinajstić information content (AvgIpc) is 2.71. The van der Waals surface area contributed by atoms with E-state index in [4.69, 9.17) is 0 Å². The standard InChI is InChI=1S/C12H11NO2/c1-2-11(15)13-7-6-9-4-3-5-10(8-14)12(9)13/h2-7,14H,1,8H2. The minimum Gasteiger partial charge on any atom is -0.392 e. The van der Waals surface area contributed by atoms with E-state index >= 15 is 0 Å². The Kier molecular flexibility index (Phi) is 2.39. The van der Waals surface area contributed by atoms with E-state index in [0.29, 0.717) is 0 Å². The van der Waals surface area contributed by atoms with E-state index in [1.807, 2.05) is 18.2 Å². The van der Waals surface area contributed by atoms with Crippen molar-refractivity contribution in [1.82, 2.24) is 4.57 Å². The number of rotatable bonds is 2. The molecule has 0 fully saturated rings. The van der Waals surface area contributed by atoms with E-state index in [9.17, 15) is 9.90 Å². The average molecular weight is 201 g/mol. The lowest BCUT2D eigenvalue weighted by atomic mass is 10.1. The normalized spacial score (nSPS) is 10.5. The van der Waals surface area contributed by atoms with Crippen LogP contribution < -0.4 is 0 Å². The Morgan fingerprint density at radius 2 is 2.27 bits per heavy atom. The van der Waals surface area contributed by atoms with Gasteiger partial charge in [-0.2, -0.15) is 0 Å².